The quantitative estimate of drug-likeness (QED) is 0.354. The van der Waals surface area contributed by atoms with Crippen LogP contribution in [0.3, 0.4) is 0 Å². The molecule has 0 N–H and O–H groups in total. The number of carbonyl (C=O) groups excluding carboxylic acids is 1. The van der Waals surface area contributed by atoms with E-state index in [1.165, 1.54) is 33.6 Å². The first-order valence-electron chi connectivity index (χ1n) is 12.4. The number of carbonyl (C=O) groups is 1. The van der Waals surface area contributed by atoms with E-state index in [1.54, 1.807) is 26.0 Å². The van der Waals surface area contributed by atoms with Gasteiger partial charge >= 0.3 is 5.97 Å². The Morgan fingerprint density at radius 2 is 1.76 bits per heavy atom. The van der Waals surface area contributed by atoms with E-state index in [-0.39, 0.29) is 17.7 Å². The van der Waals surface area contributed by atoms with E-state index in [9.17, 15) is 14.0 Å². The molecule has 2 aromatic carbocycles. The van der Waals surface area contributed by atoms with Crippen LogP contribution in [0.4, 0.5) is 4.39 Å². The van der Waals surface area contributed by atoms with E-state index in [2.05, 4.69) is 46.8 Å². The molecule has 0 amide bonds. The number of nitrogens with zero attached hydrogens (tertiary/aromatic N) is 3. The lowest BCUT2D eigenvalue weighted by Gasteiger charge is -2.24. The zero-order valence-corrected chi connectivity index (χ0v) is 22.7. The molecule has 1 aliphatic rings. The van der Waals surface area contributed by atoms with Crippen molar-refractivity contribution in [2.24, 2.45) is 4.99 Å². The lowest BCUT2D eigenvalue weighted by Crippen LogP contribution is -2.39. The molecule has 2 aromatic heterocycles. The molecule has 0 bridgehead atoms. The Hall–Kier alpha value is -4.04. The van der Waals surface area contributed by atoms with Gasteiger partial charge in [0.2, 0.25) is 0 Å². The van der Waals surface area contributed by atoms with Gasteiger partial charge in [-0.05, 0) is 82.2 Å². The predicted octanol–water partition coefficient (Wildman–Crippen LogP) is 4.65. The number of esters is 1. The standard InChI is InChI=1S/C30H28FN3O3S/c1-6-37-29(36)26-19(4)32-30-34(27(26)21-9-11-23(31)12-10-21)28(35)25(38-30)16-22-15-18(3)33(20(22)5)24-13-7-17(2)8-14-24/h7-16,27H,6H2,1-5H3/b25-16-/t27-/m0/s1. The zero-order chi connectivity index (χ0) is 27.1. The van der Waals surface area contributed by atoms with Crippen LogP contribution < -0.4 is 14.9 Å². The minimum absolute atomic E-state index is 0.187. The summed E-state index contributed by atoms with van der Waals surface area (Å²) < 4.78 is 23.2. The van der Waals surface area contributed by atoms with Crippen molar-refractivity contribution in [3.63, 3.8) is 0 Å². The summed E-state index contributed by atoms with van der Waals surface area (Å²) in [6.07, 6.45) is 1.88. The number of thiazole rings is 1. The molecular weight excluding hydrogens is 501 g/mol. The molecule has 194 valence electrons. The minimum atomic E-state index is -0.770. The van der Waals surface area contributed by atoms with Crippen LogP contribution >= 0.6 is 11.3 Å². The van der Waals surface area contributed by atoms with Crippen LogP contribution in [-0.4, -0.2) is 21.7 Å². The van der Waals surface area contributed by atoms with Gasteiger partial charge < -0.3 is 9.30 Å². The van der Waals surface area contributed by atoms with E-state index in [0.29, 0.717) is 20.6 Å². The monoisotopic (exact) mass is 529 g/mol. The van der Waals surface area contributed by atoms with Crippen LogP contribution in [0.15, 0.2) is 75.7 Å². The van der Waals surface area contributed by atoms with Crippen molar-refractivity contribution in [2.45, 2.75) is 40.7 Å². The van der Waals surface area contributed by atoms with E-state index < -0.39 is 17.8 Å². The van der Waals surface area contributed by atoms with Crippen LogP contribution in [0, 0.1) is 26.6 Å². The Kier molecular flexibility index (Phi) is 6.75. The van der Waals surface area contributed by atoms with E-state index in [4.69, 9.17) is 4.74 Å². The van der Waals surface area contributed by atoms with Gasteiger partial charge in [-0.1, -0.05) is 41.2 Å². The lowest BCUT2D eigenvalue weighted by atomic mass is 9.96. The molecule has 0 unspecified atom stereocenters. The maximum absolute atomic E-state index is 13.8. The molecule has 1 atom stereocenters. The largest absolute Gasteiger partial charge is 0.463 e. The topological polar surface area (TPSA) is 65.6 Å². The first-order chi connectivity index (χ1) is 18.2. The summed E-state index contributed by atoms with van der Waals surface area (Å²) in [5.41, 5.74) is 6.31. The van der Waals surface area contributed by atoms with E-state index in [0.717, 1.165) is 22.6 Å². The number of hydrogen-bond acceptors (Lipinski definition) is 5. The van der Waals surface area contributed by atoms with Gasteiger partial charge in [0, 0.05) is 17.1 Å². The highest BCUT2D eigenvalue weighted by molar-refractivity contribution is 7.07. The van der Waals surface area contributed by atoms with Crippen molar-refractivity contribution in [2.75, 3.05) is 6.61 Å². The molecule has 0 aliphatic carbocycles. The number of ether oxygens (including phenoxy) is 1. The number of fused-ring (bicyclic) bond motifs is 1. The van der Waals surface area contributed by atoms with Crippen LogP contribution in [0.1, 0.15) is 48.0 Å². The third-order valence-corrected chi connectivity index (χ3v) is 7.73. The van der Waals surface area contributed by atoms with Gasteiger partial charge in [0.15, 0.2) is 4.80 Å². The van der Waals surface area contributed by atoms with Gasteiger partial charge in [-0.2, -0.15) is 0 Å². The van der Waals surface area contributed by atoms with Crippen molar-refractivity contribution in [3.8, 4) is 5.69 Å². The van der Waals surface area contributed by atoms with Gasteiger partial charge in [-0.15, -0.1) is 0 Å². The normalized spacial score (nSPS) is 15.4. The summed E-state index contributed by atoms with van der Waals surface area (Å²) in [6.45, 7) is 9.76. The van der Waals surface area contributed by atoms with Crippen molar-refractivity contribution in [3.05, 3.63) is 119 Å². The highest BCUT2D eigenvalue weighted by Gasteiger charge is 2.33. The first-order valence-corrected chi connectivity index (χ1v) is 13.2. The predicted molar refractivity (Wildman–Crippen MR) is 147 cm³/mol. The molecule has 0 fully saturated rings. The van der Waals surface area contributed by atoms with Crippen LogP contribution in [0.5, 0.6) is 0 Å². The van der Waals surface area contributed by atoms with Crippen LogP contribution in [0.2, 0.25) is 0 Å². The fraction of sp³-hybridized carbons (Fsp3) is 0.233. The Morgan fingerprint density at radius 3 is 2.42 bits per heavy atom. The summed E-state index contributed by atoms with van der Waals surface area (Å²) in [5.74, 6) is -0.942. The van der Waals surface area contributed by atoms with Gasteiger partial charge in [-0.25, -0.2) is 14.2 Å². The third-order valence-electron chi connectivity index (χ3n) is 6.75. The number of aromatic nitrogens is 2. The maximum atomic E-state index is 13.8. The highest BCUT2D eigenvalue weighted by Crippen LogP contribution is 2.31. The molecule has 5 rings (SSSR count). The molecule has 0 saturated carbocycles. The Morgan fingerprint density at radius 1 is 1.08 bits per heavy atom. The third kappa shape index (κ3) is 4.45. The Labute approximate surface area is 223 Å². The number of allylic oxidation sites excluding steroid dienone is 1. The molecule has 6 nitrogen and oxygen atoms in total. The number of hydrogen-bond donors (Lipinski definition) is 0. The molecule has 0 radical (unpaired) electrons. The fourth-order valence-corrected chi connectivity index (χ4v) is 5.96. The smallest absolute Gasteiger partial charge is 0.338 e. The van der Waals surface area contributed by atoms with Crippen molar-refractivity contribution in [1.82, 2.24) is 9.13 Å². The second-order valence-corrected chi connectivity index (χ2v) is 10.4. The van der Waals surface area contributed by atoms with Gasteiger partial charge in [-0.3, -0.25) is 9.36 Å². The molecular formula is C30H28FN3O3S. The molecule has 4 aromatic rings. The summed E-state index contributed by atoms with van der Waals surface area (Å²) in [7, 11) is 0. The SMILES string of the molecule is CCOC(=O)C1=C(C)N=c2s/c(=C\c3cc(C)n(-c4ccc(C)cc4)c3C)c(=O)n2[C@H]1c1ccc(F)cc1. The van der Waals surface area contributed by atoms with Gasteiger partial charge in [0.05, 0.1) is 28.5 Å². The highest BCUT2D eigenvalue weighted by atomic mass is 32.1. The second kappa shape index (κ2) is 10.0. The maximum Gasteiger partial charge on any atom is 0.338 e. The molecule has 0 saturated heterocycles. The van der Waals surface area contributed by atoms with E-state index in [1.807, 2.05) is 19.9 Å². The average Bonchev–Trinajstić information content (AvgIpc) is 3.34. The van der Waals surface area contributed by atoms with E-state index >= 15 is 0 Å². The summed E-state index contributed by atoms with van der Waals surface area (Å²) in [6, 6.07) is 15.4. The fourth-order valence-electron chi connectivity index (χ4n) is 4.92. The number of benzene rings is 2. The van der Waals surface area contributed by atoms with Crippen molar-refractivity contribution >= 4 is 23.4 Å². The Bertz CT molecular complexity index is 1760. The van der Waals surface area contributed by atoms with Crippen LogP contribution in [0.25, 0.3) is 11.8 Å². The summed E-state index contributed by atoms with van der Waals surface area (Å²) in [5, 5.41) is 0. The summed E-state index contributed by atoms with van der Waals surface area (Å²) >= 11 is 1.27. The molecule has 8 heteroatoms. The zero-order valence-electron chi connectivity index (χ0n) is 21.9. The molecule has 38 heavy (non-hydrogen) atoms. The number of halogens is 1. The van der Waals surface area contributed by atoms with Crippen LogP contribution in [-0.2, 0) is 9.53 Å². The van der Waals surface area contributed by atoms with Crippen molar-refractivity contribution < 1.29 is 13.9 Å². The number of rotatable bonds is 5. The first kappa shape index (κ1) is 25.6. The number of aryl methyl sites for hydroxylation is 2. The molecule has 0 spiro atoms. The molecule has 1 aliphatic heterocycles. The lowest BCUT2D eigenvalue weighted by molar-refractivity contribution is -0.139. The average molecular weight is 530 g/mol. The Balaban J connectivity index is 1.68. The molecule has 3 heterocycles. The van der Waals surface area contributed by atoms with Gasteiger partial charge in [0.25, 0.3) is 5.56 Å². The summed E-state index contributed by atoms with van der Waals surface area (Å²) in [4.78, 5) is 31.9. The van der Waals surface area contributed by atoms with Gasteiger partial charge in [0.1, 0.15) is 5.82 Å². The second-order valence-electron chi connectivity index (χ2n) is 9.35. The van der Waals surface area contributed by atoms with Crippen molar-refractivity contribution in [1.29, 1.82) is 0 Å². The minimum Gasteiger partial charge on any atom is -0.463 e.